The highest BCUT2D eigenvalue weighted by molar-refractivity contribution is 7.17. The molecule has 2 rings (SSSR count). The van der Waals surface area contributed by atoms with E-state index in [1.807, 2.05) is 35.7 Å². The predicted octanol–water partition coefficient (Wildman–Crippen LogP) is 3.15. The van der Waals surface area contributed by atoms with E-state index in [1.165, 1.54) is 11.3 Å². The molecule has 1 aromatic heterocycles. The van der Waals surface area contributed by atoms with Gasteiger partial charge in [-0.05, 0) is 43.2 Å². The van der Waals surface area contributed by atoms with Crippen molar-refractivity contribution in [2.75, 3.05) is 13.1 Å². The molecule has 0 saturated heterocycles. The van der Waals surface area contributed by atoms with Crippen molar-refractivity contribution >= 4 is 33.4 Å². The van der Waals surface area contributed by atoms with Gasteiger partial charge < -0.3 is 15.4 Å². The molecule has 1 atom stereocenters. The van der Waals surface area contributed by atoms with Crippen LogP contribution in [-0.2, 0) is 9.53 Å². The Bertz CT molecular complexity index is 802. The minimum atomic E-state index is -0.613. The van der Waals surface area contributed by atoms with Crippen LogP contribution in [0, 0.1) is 11.3 Å². The third kappa shape index (κ3) is 5.19. The lowest BCUT2D eigenvalue weighted by atomic mass is 9.97. The molecule has 0 fully saturated rings. The minimum absolute atomic E-state index is 0.0795. The molecule has 132 valence electrons. The highest BCUT2D eigenvalue weighted by atomic mass is 32.1. The molecule has 2 N–H and O–H groups in total. The van der Waals surface area contributed by atoms with Gasteiger partial charge in [0, 0.05) is 11.2 Å². The van der Waals surface area contributed by atoms with Crippen LogP contribution in [0.25, 0.3) is 10.1 Å². The summed E-state index contributed by atoms with van der Waals surface area (Å²) in [6, 6.07) is 9.66. The van der Waals surface area contributed by atoms with Crippen molar-refractivity contribution < 1.29 is 14.3 Å². The number of thiophene rings is 1. The Balaban J connectivity index is 2.20. The number of benzene rings is 1. The average molecular weight is 359 g/mol. The fourth-order valence-corrected chi connectivity index (χ4v) is 3.38. The molecular weight excluding hydrogens is 338 g/mol. The number of hydrogen-bond donors (Lipinski definition) is 2. The van der Waals surface area contributed by atoms with E-state index < -0.39 is 17.6 Å². The van der Waals surface area contributed by atoms with E-state index >= 15 is 0 Å². The fraction of sp³-hybridized carbons (Fsp3) is 0.389. The van der Waals surface area contributed by atoms with Gasteiger partial charge in [-0.2, -0.15) is 5.26 Å². The van der Waals surface area contributed by atoms with Crippen molar-refractivity contribution in [3.63, 3.8) is 0 Å². The van der Waals surface area contributed by atoms with Gasteiger partial charge in [-0.1, -0.05) is 18.2 Å². The molecule has 25 heavy (non-hydrogen) atoms. The Hall–Kier alpha value is -2.59. The molecule has 2 aromatic rings. The standard InChI is InChI=1S/C18H21N3O3S/c1-18(2,3)24-17(23)21-10-13(16(22)20-9-8-19)14-11-25-15-7-5-4-6-12(14)15/h4-7,11,13H,9-10H2,1-3H3,(H,20,22)(H,21,23). The number of carbonyl (C=O) groups is 2. The quantitative estimate of drug-likeness (QED) is 0.802. The summed E-state index contributed by atoms with van der Waals surface area (Å²) in [4.78, 5) is 24.4. The van der Waals surface area contributed by atoms with Crippen molar-refractivity contribution in [3.8, 4) is 6.07 Å². The van der Waals surface area contributed by atoms with E-state index in [0.29, 0.717) is 0 Å². The zero-order valence-electron chi connectivity index (χ0n) is 14.5. The maximum absolute atomic E-state index is 12.5. The summed E-state index contributed by atoms with van der Waals surface area (Å²) in [5, 5.41) is 16.8. The number of rotatable bonds is 5. The third-order valence-corrected chi connectivity index (χ3v) is 4.38. The molecule has 1 heterocycles. The lowest BCUT2D eigenvalue weighted by Crippen LogP contribution is -2.39. The van der Waals surface area contributed by atoms with Crippen molar-refractivity contribution in [1.82, 2.24) is 10.6 Å². The number of hydrogen-bond acceptors (Lipinski definition) is 5. The molecule has 1 aromatic carbocycles. The molecule has 0 saturated carbocycles. The largest absolute Gasteiger partial charge is 0.444 e. The van der Waals surface area contributed by atoms with Gasteiger partial charge in [0.25, 0.3) is 0 Å². The molecule has 0 bridgehead atoms. The number of nitrogens with zero attached hydrogens (tertiary/aromatic N) is 1. The number of alkyl carbamates (subject to hydrolysis) is 1. The van der Waals surface area contributed by atoms with Crippen molar-refractivity contribution in [3.05, 3.63) is 35.2 Å². The lowest BCUT2D eigenvalue weighted by Gasteiger charge is -2.21. The van der Waals surface area contributed by atoms with Crippen molar-refractivity contribution in [2.24, 2.45) is 0 Å². The SMILES string of the molecule is CC(C)(C)OC(=O)NCC(C(=O)NCC#N)c1csc2ccccc12. The van der Waals surface area contributed by atoms with E-state index in [0.717, 1.165) is 15.6 Å². The Morgan fingerprint density at radius 2 is 2.00 bits per heavy atom. The number of nitriles is 1. The Morgan fingerprint density at radius 3 is 2.68 bits per heavy atom. The highest BCUT2D eigenvalue weighted by Gasteiger charge is 2.25. The van der Waals surface area contributed by atoms with Gasteiger partial charge in [0.2, 0.25) is 5.91 Å². The molecule has 0 aliphatic carbocycles. The first-order valence-corrected chi connectivity index (χ1v) is 8.77. The van der Waals surface area contributed by atoms with Crippen LogP contribution in [0.3, 0.4) is 0 Å². The molecule has 7 heteroatoms. The van der Waals surface area contributed by atoms with Crippen LogP contribution in [-0.4, -0.2) is 30.7 Å². The van der Waals surface area contributed by atoms with Gasteiger partial charge in [-0.15, -0.1) is 11.3 Å². The monoisotopic (exact) mass is 359 g/mol. The van der Waals surface area contributed by atoms with Crippen LogP contribution in [0.1, 0.15) is 32.3 Å². The summed E-state index contributed by atoms with van der Waals surface area (Å²) in [6.45, 7) is 5.33. The molecule has 0 radical (unpaired) electrons. The topological polar surface area (TPSA) is 91.2 Å². The summed E-state index contributed by atoms with van der Waals surface area (Å²) in [6.07, 6.45) is -0.579. The molecular formula is C18H21N3O3S. The normalized spacial score (nSPS) is 12.2. The molecule has 0 aliphatic rings. The zero-order valence-corrected chi connectivity index (χ0v) is 15.3. The predicted molar refractivity (Wildman–Crippen MR) is 97.4 cm³/mol. The van der Waals surface area contributed by atoms with E-state index in [9.17, 15) is 9.59 Å². The number of nitrogens with one attached hydrogen (secondary N) is 2. The second-order valence-electron chi connectivity index (χ2n) is 6.50. The Morgan fingerprint density at radius 1 is 1.28 bits per heavy atom. The fourth-order valence-electron chi connectivity index (χ4n) is 2.36. The maximum Gasteiger partial charge on any atom is 0.407 e. The second-order valence-corrected chi connectivity index (χ2v) is 7.41. The molecule has 2 amide bonds. The first kappa shape index (κ1) is 18.7. The number of carbonyl (C=O) groups excluding carboxylic acids is 2. The maximum atomic E-state index is 12.5. The first-order chi connectivity index (χ1) is 11.8. The average Bonchev–Trinajstić information content (AvgIpc) is 2.95. The van der Waals surface area contributed by atoms with Gasteiger partial charge in [0.05, 0.1) is 12.0 Å². The third-order valence-electron chi connectivity index (χ3n) is 3.39. The van der Waals surface area contributed by atoms with Crippen LogP contribution in [0.4, 0.5) is 4.79 Å². The number of amides is 2. The summed E-state index contributed by atoms with van der Waals surface area (Å²) >= 11 is 1.54. The van der Waals surface area contributed by atoms with Gasteiger partial charge in [-0.25, -0.2) is 4.79 Å². The van der Waals surface area contributed by atoms with Crippen LogP contribution in [0.2, 0.25) is 0 Å². The van der Waals surface area contributed by atoms with Gasteiger partial charge in [0.15, 0.2) is 0 Å². The Kier molecular flexibility index (Phi) is 5.99. The van der Waals surface area contributed by atoms with Crippen LogP contribution in [0.5, 0.6) is 0 Å². The van der Waals surface area contributed by atoms with E-state index in [-0.39, 0.29) is 19.0 Å². The summed E-state index contributed by atoms with van der Waals surface area (Å²) < 4.78 is 6.29. The van der Waals surface area contributed by atoms with E-state index in [4.69, 9.17) is 10.00 Å². The highest BCUT2D eigenvalue weighted by Crippen LogP contribution is 2.31. The summed E-state index contributed by atoms with van der Waals surface area (Å²) in [7, 11) is 0. The Labute approximate surface area is 150 Å². The van der Waals surface area contributed by atoms with Crippen molar-refractivity contribution in [1.29, 1.82) is 5.26 Å². The number of ether oxygens (including phenoxy) is 1. The molecule has 1 unspecified atom stereocenters. The smallest absolute Gasteiger partial charge is 0.407 e. The summed E-state index contributed by atoms with van der Waals surface area (Å²) in [5.41, 5.74) is 0.213. The minimum Gasteiger partial charge on any atom is -0.444 e. The molecule has 0 spiro atoms. The molecule has 6 nitrogen and oxygen atoms in total. The van der Waals surface area contributed by atoms with E-state index in [1.54, 1.807) is 20.8 Å². The molecule has 0 aliphatic heterocycles. The van der Waals surface area contributed by atoms with Crippen LogP contribution >= 0.6 is 11.3 Å². The van der Waals surface area contributed by atoms with Gasteiger partial charge in [-0.3, -0.25) is 4.79 Å². The van der Waals surface area contributed by atoms with Crippen LogP contribution < -0.4 is 10.6 Å². The zero-order chi connectivity index (χ0) is 18.4. The second kappa shape index (κ2) is 7.99. The first-order valence-electron chi connectivity index (χ1n) is 7.89. The van der Waals surface area contributed by atoms with E-state index in [2.05, 4.69) is 10.6 Å². The van der Waals surface area contributed by atoms with Crippen LogP contribution in [0.15, 0.2) is 29.6 Å². The van der Waals surface area contributed by atoms with Gasteiger partial charge in [0.1, 0.15) is 12.1 Å². The van der Waals surface area contributed by atoms with Gasteiger partial charge >= 0.3 is 6.09 Å². The number of fused-ring (bicyclic) bond motifs is 1. The summed E-state index contributed by atoms with van der Waals surface area (Å²) in [5.74, 6) is -0.904. The van der Waals surface area contributed by atoms with Crippen molar-refractivity contribution in [2.45, 2.75) is 32.3 Å². The lowest BCUT2D eigenvalue weighted by molar-refractivity contribution is -0.122.